The zero-order chi connectivity index (χ0) is 17.2. The van der Waals surface area contributed by atoms with E-state index in [0.717, 1.165) is 28.2 Å². The molecule has 0 saturated carbocycles. The number of thiazole rings is 1. The molecule has 1 amide bonds. The number of rotatable bonds is 4. The molecule has 0 fully saturated rings. The van der Waals surface area contributed by atoms with E-state index in [2.05, 4.69) is 10.3 Å². The molecule has 23 heavy (non-hydrogen) atoms. The van der Waals surface area contributed by atoms with E-state index in [1.807, 2.05) is 12.3 Å². The third-order valence-electron chi connectivity index (χ3n) is 2.80. The Bertz CT molecular complexity index is 718. The summed E-state index contributed by atoms with van der Waals surface area (Å²) in [6, 6.07) is 2.81. The van der Waals surface area contributed by atoms with Crippen molar-refractivity contribution in [2.24, 2.45) is 0 Å². The molecule has 0 aliphatic heterocycles. The molecule has 2 rings (SSSR count). The summed E-state index contributed by atoms with van der Waals surface area (Å²) in [7, 11) is 0. The summed E-state index contributed by atoms with van der Waals surface area (Å²) < 4.78 is 38.9. The van der Waals surface area contributed by atoms with Gasteiger partial charge >= 0.3 is 6.18 Å². The molecule has 1 unspecified atom stereocenters. The lowest BCUT2D eigenvalue weighted by molar-refractivity contribution is -0.137. The predicted molar refractivity (Wildman–Crippen MR) is 87.3 cm³/mol. The first-order valence-electron chi connectivity index (χ1n) is 6.43. The van der Waals surface area contributed by atoms with E-state index in [-0.39, 0.29) is 10.7 Å². The van der Waals surface area contributed by atoms with Gasteiger partial charge in [0.2, 0.25) is 5.91 Å². The average molecular weight is 381 g/mol. The van der Waals surface area contributed by atoms with Gasteiger partial charge in [-0.3, -0.25) is 4.79 Å². The van der Waals surface area contributed by atoms with Crippen molar-refractivity contribution in [1.29, 1.82) is 0 Å². The van der Waals surface area contributed by atoms with Crippen LogP contribution in [0, 0.1) is 6.92 Å². The third-order valence-corrected chi connectivity index (χ3v) is 5.32. The van der Waals surface area contributed by atoms with Crippen molar-refractivity contribution in [3.05, 3.63) is 39.9 Å². The lowest BCUT2D eigenvalue weighted by atomic mass is 10.2. The standard InChI is InChI=1S/C14H12ClF3N2OS2/c1-7-6-22-13(19-7)23-8(2)12(21)20-11-5-9(14(16,17)18)3-4-10(11)15/h3-6,8H,1-2H3,(H,20,21). The molecule has 2 aromatic rings. The lowest BCUT2D eigenvalue weighted by Gasteiger charge is -2.14. The van der Waals surface area contributed by atoms with Crippen LogP contribution in [0.1, 0.15) is 18.2 Å². The van der Waals surface area contributed by atoms with Gasteiger partial charge in [0.1, 0.15) is 0 Å². The fourth-order valence-electron chi connectivity index (χ4n) is 1.62. The number of aryl methyl sites for hydroxylation is 1. The monoisotopic (exact) mass is 380 g/mol. The van der Waals surface area contributed by atoms with Crippen LogP contribution in [0.5, 0.6) is 0 Å². The number of amides is 1. The van der Waals surface area contributed by atoms with Crippen LogP contribution in [-0.4, -0.2) is 16.1 Å². The molecule has 0 aliphatic rings. The predicted octanol–water partition coefficient (Wildman–Crippen LogP) is 5.24. The van der Waals surface area contributed by atoms with E-state index in [1.54, 1.807) is 6.92 Å². The highest BCUT2D eigenvalue weighted by Gasteiger charge is 2.31. The van der Waals surface area contributed by atoms with Gasteiger partial charge in [-0.2, -0.15) is 13.2 Å². The second-order valence-electron chi connectivity index (χ2n) is 4.70. The molecule has 0 bridgehead atoms. The minimum Gasteiger partial charge on any atom is -0.324 e. The van der Waals surface area contributed by atoms with Gasteiger partial charge in [0.25, 0.3) is 0 Å². The van der Waals surface area contributed by atoms with Gasteiger partial charge in [-0.1, -0.05) is 23.4 Å². The quantitative estimate of drug-likeness (QED) is 0.737. The van der Waals surface area contributed by atoms with Crippen LogP contribution in [0.3, 0.4) is 0 Å². The first kappa shape index (κ1) is 18.1. The molecule has 124 valence electrons. The van der Waals surface area contributed by atoms with E-state index in [9.17, 15) is 18.0 Å². The highest BCUT2D eigenvalue weighted by atomic mass is 35.5. The second kappa shape index (κ2) is 7.11. The molecule has 3 nitrogen and oxygen atoms in total. The van der Waals surface area contributed by atoms with Crippen LogP contribution >= 0.6 is 34.7 Å². The fourth-order valence-corrected chi connectivity index (χ4v) is 3.77. The molecule has 1 N–H and O–H groups in total. The summed E-state index contributed by atoms with van der Waals surface area (Å²) in [5, 5.41) is 3.82. The number of carbonyl (C=O) groups is 1. The summed E-state index contributed by atoms with van der Waals surface area (Å²) in [6.45, 7) is 3.49. The fraction of sp³-hybridized carbons (Fsp3) is 0.286. The van der Waals surface area contributed by atoms with Crippen LogP contribution < -0.4 is 5.32 Å². The van der Waals surface area contributed by atoms with Gasteiger partial charge in [-0.05, 0) is 32.0 Å². The zero-order valence-corrected chi connectivity index (χ0v) is 14.5. The molecule has 1 atom stereocenters. The molecule has 1 aromatic carbocycles. The van der Waals surface area contributed by atoms with E-state index in [0.29, 0.717) is 0 Å². The number of aromatic nitrogens is 1. The lowest BCUT2D eigenvalue weighted by Crippen LogP contribution is -2.22. The Labute approximate surface area is 144 Å². The Morgan fingerprint density at radius 3 is 2.70 bits per heavy atom. The summed E-state index contributed by atoms with van der Waals surface area (Å²) in [5.74, 6) is -0.441. The Morgan fingerprint density at radius 2 is 2.13 bits per heavy atom. The summed E-state index contributed by atoms with van der Waals surface area (Å²) in [4.78, 5) is 16.4. The number of carbonyl (C=O) groups excluding carboxylic acids is 1. The molecular formula is C14H12ClF3N2OS2. The van der Waals surface area contributed by atoms with Crippen molar-refractivity contribution in [3.63, 3.8) is 0 Å². The summed E-state index contributed by atoms with van der Waals surface area (Å²) in [5.41, 5.74) is -0.0756. The molecule has 0 radical (unpaired) electrons. The molecule has 1 aromatic heterocycles. The SMILES string of the molecule is Cc1csc(SC(C)C(=O)Nc2cc(C(F)(F)F)ccc2Cl)n1. The molecule has 0 aliphatic carbocycles. The highest BCUT2D eigenvalue weighted by Crippen LogP contribution is 2.34. The second-order valence-corrected chi connectivity index (χ2v) is 7.55. The maximum atomic E-state index is 12.7. The normalized spacial score (nSPS) is 13.0. The van der Waals surface area contributed by atoms with Crippen molar-refractivity contribution in [2.75, 3.05) is 5.32 Å². The number of benzene rings is 1. The van der Waals surface area contributed by atoms with Crippen molar-refractivity contribution >= 4 is 46.3 Å². The molecular weight excluding hydrogens is 369 g/mol. The molecule has 0 saturated heterocycles. The zero-order valence-electron chi connectivity index (χ0n) is 12.1. The Hall–Kier alpha value is -1.25. The number of alkyl halides is 3. The number of halogens is 4. The van der Waals surface area contributed by atoms with E-state index < -0.39 is 22.9 Å². The highest BCUT2D eigenvalue weighted by molar-refractivity contribution is 8.02. The third kappa shape index (κ3) is 4.86. The average Bonchev–Trinajstić information content (AvgIpc) is 2.85. The van der Waals surface area contributed by atoms with Gasteiger partial charge < -0.3 is 5.32 Å². The number of anilines is 1. The Morgan fingerprint density at radius 1 is 1.43 bits per heavy atom. The van der Waals surface area contributed by atoms with Crippen molar-refractivity contribution in [1.82, 2.24) is 4.98 Å². The van der Waals surface area contributed by atoms with Crippen molar-refractivity contribution < 1.29 is 18.0 Å². The van der Waals surface area contributed by atoms with Crippen LogP contribution in [-0.2, 0) is 11.0 Å². The molecule has 9 heteroatoms. The number of thioether (sulfide) groups is 1. The van der Waals surface area contributed by atoms with Gasteiger partial charge in [0.15, 0.2) is 4.34 Å². The maximum absolute atomic E-state index is 12.7. The van der Waals surface area contributed by atoms with E-state index >= 15 is 0 Å². The Kier molecular flexibility index (Phi) is 5.59. The summed E-state index contributed by atoms with van der Waals surface area (Å²) in [6.07, 6.45) is -4.50. The van der Waals surface area contributed by atoms with Gasteiger partial charge in [-0.15, -0.1) is 11.3 Å². The molecule has 0 spiro atoms. The number of hydrogen-bond acceptors (Lipinski definition) is 4. The molecule has 1 heterocycles. The minimum atomic E-state index is -4.50. The first-order valence-corrected chi connectivity index (χ1v) is 8.57. The smallest absolute Gasteiger partial charge is 0.324 e. The van der Waals surface area contributed by atoms with Gasteiger partial charge in [0, 0.05) is 11.1 Å². The van der Waals surface area contributed by atoms with Crippen LogP contribution in [0.4, 0.5) is 18.9 Å². The largest absolute Gasteiger partial charge is 0.416 e. The maximum Gasteiger partial charge on any atom is 0.416 e. The van der Waals surface area contributed by atoms with Gasteiger partial charge in [-0.25, -0.2) is 4.98 Å². The van der Waals surface area contributed by atoms with Crippen molar-refractivity contribution in [3.8, 4) is 0 Å². The number of hydrogen-bond donors (Lipinski definition) is 1. The minimum absolute atomic E-state index is 0.0497. The van der Waals surface area contributed by atoms with Crippen LogP contribution in [0.25, 0.3) is 0 Å². The topological polar surface area (TPSA) is 42.0 Å². The van der Waals surface area contributed by atoms with Gasteiger partial charge in [0.05, 0.1) is 21.5 Å². The Balaban J connectivity index is 2.10. The summed E-state index contributed by atoms with van der Waals surface area (Å²) >= 11 is 8.50. The first-order chi connectivity index (χ1) is 10.7. The van der Waals surface area contributed by atoms with Crippen molar-refractivity contribution in [2.45, 2.75) is 29.6 Å². The van der Waals surface area contributed by atoms with E-state index in [4.69, 9.17) is 11.6 Å². The van der Waals surface area contributed by atoms with Crippen LogP contribution in [0.2, 0.25) is 5.02 Å². The number of nitrogens with zero attached hydrogens (tertiary/aromatic N) is 1. The van der Waals surface area contributed by atoms with E-state index in [1.165, 1.54) is 23.1 Å². The van der Waals surface area contributed by atoms with Crippen LogP contribution in [0.15, 0.2) is 27.9 Å². The number of nitrogens with one attached hydrogen (secondary N) is 1.